The Bertz CT molecular complexity index is 459. The number of aliphatic hydroxyl groups is 1. The van der Waals surface area contributed by atoms with Crippen molar-refractivity contribution in [2.45, 2.75) is 13.0 Å². The van der Waals surface area contributed by atoms with Crippen LogP contribution in [0.25, 0.3) is 0 Å². The number of nitrogens with zero attached hydrogens (tertiary/aromatic N) is 1. The number of hydrogen-bond donors (Lipinski definition) is 2. The number of amides is 2. The van der Waals surface area contributed by atoms with Gasteiger partial charge in [-0.05, 0) is 24.6 Å². The van der Waals surface area contributed by atoms with Crippen molar-refractivity contribution in [1.29, 1.82) is 0 Å². The third kappa shape index (κ3) is 4.24. The van der Waals surface area contributed by atoms with E-state index in [1.54, 1.807) is 26.2 Å². The topological polar surface area (TPSA) is 78.9 Å². The predicted octanol–water partition coefficient (Wildman–Crippen LogP) is 0.323. The molecule has 0 aliphatic heterocycles. The fourth-order valence-electron chi connectivity index (χ4n) is 1.66. The Morgan fingerprint density at radius 1 is 1.35 bits per heavy atom. The highest BCUT2D eigenvalue weighted by Gasteiger charge is 2.20. The van der Waals surface area contributed by atoms with Crippen molar-refractivity contribution < 1.29 is 19.4 Å². The lowest BCUT2D eigenvalue weighted by Crippen LogP contribution is -2.42. The van der Waals surface area contributed by atoms with Crippen molar-refractivity contribution in [3.8, 4) is 5.75 Å². The van der Waals surface area contributed by atoms with Gasteiger partial charge in [0.1, 0.15) is 5.75 Å². The van der Waals surface area contributed by atoms with Crippen LogP contribution < -0.4 is 10.1 Å². The summed E-state index contributed by atoms with van der Waals surface area (Å²) in [5.74, 6) is -0.630. The van der Waals surface area contributed by atoms with Gasteiger partial charge in [-0.3, -0.25) is 9.59 Å². The van der Waals surface area contributed by atoms with Gasteiger partial charge in [-0.1, -0.05) is 12.1 Å². The van der Waals surface area contributed by atoms with E-state index in [0.717, 1.165) is 11.3 Å². The molecule has 1 atom stereocenters. The van der Waals surface area contributed by atoms with E-state index in [4.69, 9.17) is 9.84 Å². The van der Waals surface area contributed by atoms with Gasteiger partial charge in [0.15, 0.2) is 0 Å². The third-order valence-corrected chi connectivity index (χ3v) is 2.94. The SMILES string of the molecule is COc1ccc(C(C)NC(=O)C(=O)N(C)CCO)cc1. The monoisotopic (exact) mass is 280 g/mol. The molecular formula is C14H20N2O4. The molecule has 1 unspecified atom stereocenters. The van der Waals surface area contributed by atoms with E-state index in [2.05, 4.69) is 5.32 Å². The van der Waals surface area contributed by atoms with Gasteiger partial charge in [0, 0.05) is 13.6 Å². The molecule has 6 nitrogen and oxygen atoms in total. The van der Waals surface area contributed by atoms with Crippen molar-refractivity contribution >= 4 is 11.8 Å². The van der Waals surface area contributed by atoms with E-state index in [1.807, 2.05) is 12.1 Å². The molecule has 0 fully saturated rings. The van der Waals surface area contributed by atoms with Crippen LogP contribution in [0, 0.1) is 0 Å². The zero-order chi connectivity index (χ0) is 15.1. The highest BCUT2D eigenvalue weighted by Crippen LogP contribution is 2.17. The molecular weight excluding hydrogens is 260 g/mol. The van der Waals surface area contributed by atoms with Crippen molar-refractivity contribution in [3.05, 3.63) is 29.8 Å². The van der Waals surface area contributed by atoms with E-state index in [0.29, 0.717) is 0 Å². The van der Waals surface area contributed by atoms with Crippen LogP contribution in [0.5, 0.6) is 5.75 Å². The lowest BCUT2D eigenvalue weighted by molar-refractivity contribution is -0.145. The Morgan fingerprint density at radius 3 is 2.45 bits per heavy atom. The second-order valence-corrected chi connectivity index (χ2v) is 4.42. The molecule has 1 aromatic rings. The highest BCUT2D eigenvalue weighted by atomic mass is 16.5. The number of methoxy groups -OCH3 is 1. The summed E-state index contributed by atoms with van der Waals surface area (Å²) in [6.45, 7) is 1.74. The maximum atomic E-state index is 11.8. The standard InChI is InChI=1S/C14H20N2O4/c1-10(11-4-6-12(20-3)7-5-11)15-13(18)14(19)16(2)8-9-17/h4-7,10,17H,8-9H2,1-3H3,(H,15,18). The van der Waals surface area contributed by atoms with E-state index in [9.17, 15) is 9.59 Å². The molecule has 0 bridgehead atoms. The van der Waals surface area contributed by atoms with Gasteiger partial charge in [-0.25, -0.2) is 0 Å². The van der Waals surface area contributed by atoms with Crippen LogP contribution in [0.4, 0.5) is 0 Å². The molecule has 110 valence electrons. The molecule has 0 radical (unpaired) electrons. The Labute approximate surface area is 118 Å². The first-order chi connectivity index (χ1) is 9.49. The first-order valence-electron chi connectivity index (χ1n) is 6.30. The largest absolute Gasteiger partial charge is 0.497 e. The fourth-order valence-corrected chi connectivity index (χ4v) is 1.66. The fraction of sp³-hybridized carbons (Fsp3) is 0.429. The minimum atomic E-state index is -0.690. The van der Waals surface area contributed by atoms with Crippen molar-refractivity contribution in [1.82, 2.24) is 10.2 Å². The summed E-state index contributed by atoms with van der Waals surface area (Å²) in [5, 5.41) is 11.4. The smallest absolute Gasteiger partial charge is 0.311 e. The summed E-state index contributed by atoms with van der Waals surface area (Å²) in [7, 11) is 3.05. The molecule has 0 saturated heterocycles. The van der Waals surface area contributed by atoms with Crippen LogP contribution in [-0.2, 0) is 9.59 Å². The van der Waals surface area contributed by atoms with Gasteiger partial charge in [0.05, 0.1) is 19.8 Å². The summed E-state index contributed by atoms with van der Waals surface area (Å²) in [6, 6.07) is 6.94. The molecule has 20 heavy (non-hydrogen) atoms. The number of hydrogen-bond acceptors (Lipinski definition) is 4. The van der Waals surface area contributed by atoms with E-state index < -0.39 is 11.8 Å². The molecule has 1 aromatic carbocycles. The third-order valence-electron chi connectivity index (χ3n) is 2.94. The van der Waals surface area contributed by atoms with E-state index >= 15 is 0 Å². The van der Waals surface area contributed by atoms with E-state index in [1.165, 1.54) is 11.9 Å². The maximum absolute atomic E-state index is 11.8. The Balaban J connectivity index is 2.62. The number of rotatable bonds is 5. The Hall–Kier alpha value is -2.08. The number of carbonyl (C=O) groups excluding carboxylic acids is 2. The normalized spacial score (nSPS) is 11.6. The number of benzene rings is 1. The maximum Gasteiger partial charge on any atom is 0.311 e. The van der Waals surface area contributed by atoms with Crippen molar-refractivity contribution in [2.75, 3.05) is 27.3 Å². The summed E-state index contributed by atoms with van der Waals surface area (Å²) >= 11 is 0. The van der Waals surface area contributed by atoms with Crippen LogP contribution in [-0.4, -0.2) is 49.1 Å². The summed E-state index contributed by atoms with van der Waals surface area (Å²) in [6.07, 6.45) is 0. The van der Waals surface area contributed by atoms with Crippen molar-refractivity contribution in [2.24, 2.45) is 0 Å². The van der Waals surface area contributed by atoms with E-state index in [-0.39, 0.29) is 19.2 Å². The quantitative estimate of drug-likeness (QED) is 0.762. The summed E-state index contributed by atoms with van der Waals surface area (Å²) in [4.78, 5) is 24.6. The molecule has 0 heterocycles. The number of aliphatic hydroxyl groups excluding tert-OH is 1. The molecule has 2 amide bonds. The van der Waals surface area contributed by atoms with Gasteiger partial charge < -0.3 is 20.1 Å². The highest BCUT2D eigenvalue weighted by molar-refractivity contribution is 6.35. The van der Waals surface area contributed by atoms with Crippen molar-refractivity contribution in [3.63, 3.8) is 0 Å². The van der Waals surface area contributed by atoms with Crippen LogP contribution in [0.3, 0.4) is 0 Å². The molecule has 0 aliphatic rings. The first kappa shape index (κ1) is 16.0. The van der Waals surface area contributed by atoms with Gasteiger partial charge in [-0.2, -0.15) is 0 Å². The Morgan fingerprint density at radius 2 is 1.95 bits per heavy atom. The molecule has 6 heteroatoms. The van der Waals surface area contributed by atoms with Gasteiger partial charge in [0.2, 0.25) is 0 Å². The second kappa shape index (κ2) is 7.49. The van der Waals surface area contributed by atoms with Crippen LogP contribution in [0.2, 0.25) is 0 Å². The number of carbonyl (C=O) groups is 2. The average molecular weight is 280 g/mol. The second-order valence-electron chi connectivity index (χ2n) is 4.42. The lowest BCUT2D eigenvalue weighted by atomic mass is 10.1. The summed E-state index contributed by atoms with van der Waals surface area (Å²) in [5.41, 5.74) is 0.872. The number of nitrogens with one attached hydrogen (secondary N) is 1. The van der Waals surface area contributed by atoms with Gasteiger partial charge in [-0.15, -0.1) is 0 Å². The molecule has 0 aliphatic carbocycles. The van der Waals surface area contributed by atoms with Crippen LogP contribution in [0.15, 0.2) is 24.3 Å². The molecule has 1 rings (SSSR count). The average Bonchev–Trinajstić information content (AvgIpc) is 2.46. The minimum absolute atomic E-state index is 0.128. The number of likely N-dealkylation sites (N-methyl/N-ethyl adjacent to an activating group) is 1. The zero-order valence-corrected chi connectivity index (χ0v) is 11.9. The first-order valence-corrected chi connectivity index (χ1v) is 6.30. The number of ether oxygens (including phenoxy) is 1. The molecule has 0 spiro atoms. The lowest BCUT2D eigenvalue weighted by Gasteiger charge is -2.18. The van der Waals surface area contributed by atoms with Crippen LogP contribution >= 0.6 is 0 Å². The van der Waals surface area contributed by atoms with Gasteiger partial charge >= 0.3 is 11.8 Å². The Kier molecular flexibility index (Phi) is 5.99. The molecule has 0 aromatic heterocycles. The summed E-state index contributed by atoms with van der Waals surface area (Å²) < 4.78 is 5.05. The predicted molar refractivity (Wildman–Crippen MR) is 74.3 cm³/mol. The van der Waals surface area contributed by atoms with Crippen LogP contribution in [0.1, 0.15) is 18.5 Å². The minimum Gasteiger partial charge on any atom is -0.497 e. The molecule has 2 N–H and O–H groups in total. The molecule has 0 saturated carbocycles. The van der Waals surface area contributed by atoms with Gasteiger partial charge in [0.25, 0.3) is 0 Å². The zero-order valence-electron chi connectivity index (χ0n) is 11.9.